The molecule has 1 aliphatic rings. The zero-order valence-electron chi connectivity index (χ0n) is 12.8. The van der Waals surface area contributed by atoms with Crippen LogP contribution >= 0.6 is 0 Å². The van der Waals surface area contributed by atoms with Gasteiger partial charge in [0.1, 0.15) is 5.54 Å². The number of carbonyl (C=O) groups is 1. The second-order valence-corrected chi connectivity index (χ2v) is 5.78. The van der Waals surface area contributed by atoms with Crippen LogP contribution in [0.4, 0.5) is 5.69 Å². The van der Waals surface area contributed by atoms with E-state index in [0.29, 0.717) is 13.0 Å². The van der Waals surface area contributed by atoms with E-state index in [2.05, 4.69) is 11.4 Å². The Balaban J connectivity index is 2.00. The van der Waals surface area contributed by atoms with Gasteiger partial charge in [0.05, 0.1) is 12.6 Å². The fraction of sp³-hybridized carbons (Fsp3) is 0.529. The Hall–Kier alpha value is -2.06. The van der Waals surface area contributed by atoms with Crippen LogP contribution in [0.3, 0.4) is 0 Å². The van der Waals surface area contributed by atoms with Crippen molar-refractivity contribution in [2.24, 2.45) is 0 Å². The maximum absolute atomic E-state index is 12.3. The van der Waals surface area contributed by atoms with Crippen molar-refractivity contribution < 1.29 is 9.90 Å². The summed E-state index contributed by atoms with van der Waals surface area (Å²) in [7, 11) is 0. The number of hydrogen-bond donors (Lipinski definition) is 2. The van der Waals surface area contributed by atoms with Crippen LogP contribution in [0.15, 0.2) is 30.3 Å². The minimum absolute atomic E-state index is 0.0904. The normalized spacial score (nSPS) is 16.0. The number of aliphatic hydroxyl groups is 1. The highest BCUT2D eigenvalue weighted by molar-refractivity contribution is 5.82. The lowest BCUT2D eigenvalue weighted by Crippen LogP contribution is -2.49. The van der Waals surface area contributed by atoms with E-state index in [1.807, 2.05) is 35.2 Å². The van der Waals surface area contributed by atoms with Crippen LogP contribution in [0.2, 0.25) is 0 Å². The third kappa shape index (κ3) is 4.22. The van der Waals surface area contributed by atoms with Crippen molar-refractivity contribution >= 4 is 11.6 Å². The van der Waals surface area contributed by atoms with Gasteiger partial charge in [-0.25, -0.2) is 0 Å². The van der Waals surface area contributed by atoms with Crippen molar-refractivity contribution in [3.8, 4) is 6.07 Å². The highest BCUT2D eigenvalue weighted by atomic mass is 16.3. The summed E-state index contributed by atoms with van der Waals surface area (Å²) in [5, 5.41) is 21.3. The van der Waals surface area contributed by atoms with E-state index in [0.717, 1.165) is 31.4 Å². The topological polar surface area (TPSA) is 76.4 Å². The van der Waals surface area contributed by atoms with Crippen LogP contribution in [0.5, 0.6) is 0 Å². The largest absolute Gasteiger partial charge is 0.396 e. The molecular weight excluding hydrogens is 278 g/mol. The molecule has 1 fully saturated rings. The van der Waals surface area contributed by atoms with Crippen molar-refractivity contribution in [2.45, 2.75) is 37.6 Å². The van der Waals surface area contributed by atoms with E-state index >= 15 is 0 Å². The average Bonchev–Trinajstić information content (AvgIpc) is 3.01. The lowest BCUT2D eigenvalue weighted by Gasteiger charge is -2.27. The first kappa shape index (κ1) is 16.3. The first-order valence-electron chi connectivity index (χ1n) is 7.82. The number of para-hydroxylation sites is 1. The first-order valence-corrected chi connectivity index (χ1v) is 7.82. The molecule has 2 rings (SSSR count). The smallest absolute Gasteiger partial charge is 0.240 e. The van der Waals surface area contributed by atoms with Crippen LogP contribution < -0.4 is 10.2 Å². The molecular formula is C17H23N3O2. The molecule has 1 saturated carbocycles. The highest BCUT2D eigenvalue weighted by Crippen LogP contribution is 2.28. The molecule has 5 nitrogen and oxygen atoms in total. The summed E-state index contributed by atoms with van der Waals surface area (Å²) in [5.74, 6) is -0.134. The minimum atomic E-state index is -0.684. The summed E-state index contributed by atoms with van der Waals surface area (Å²) in [6.45, 7) is 0.897. The van der Waals surface area contributed by atoms with Crippen molar-refractivity contribution in [3.05, 3.63) is 30.3 Å². The highest BCUT2D eigenvalue weighted by Gasteiger charge is 2.35. The number of amides is 1. The molecule has 0 bridgehead atoms. The van der Waals surface area contributed by atoms with Gasteiger partial charge in [-0.2, -0.15) is 5.26 Å². The molecule has 1 aliphatic carbocycles. The molecule has 1 aromatic carbocycles. The summed E-state index contributed by atoms with van der Waals surface area (Å²) < 4.78 is 0. The summed E-state index contributed by atoms with van der Waals surface area (Å²) >= 11 is 0. The molecule has 0 aromatic heterocycles. The predicted octanol–water partition coefficient (Wildman–Crippen LogP) is 1.83. The predicted molar refractivity (Wildman–Crippen MR) is 85.3 cm³/mol. The number of nitriles is 1. The van der Waals surface area contributed by atoms with E-state index < -0.39 is 5.54 Å². The molecule has 118 valence electrons. The minimum Gasteiger partial charge on any atom is -0.396 e. The number of benzene rings is 1. The number of anilines is 1. The lowest BCUT2D eigenvalue weighted by molar-refractivity contribution is -0.121. The molecule has 5 heteroatoms. The second kappa shape index (κ2) is 7.81. The molecule has 22 heavy (non-hydrogen) atoms. The molecule has 0 unspecified atom stereocenters. The summed E-state index contributed by atoms with van der Waals surface area (Å²) in [4.78, 5) is 14.3. The average molecular weight is 301 g/mol. The standard InChI is InChI=1S/C17H23N3O2/c18-14-17(9-4-5-10-17)19-16(22)13-20(11-6-12-21)15-7-2-1-3-8-15/h1-3,7-8,21H,4-6,9-13H2,(H,19,22). The zero-order chi connectivity index (χ0) is 15.8. The quantitative estimate of drug-likeness (QED) is 0.805. The molecule has 0 atom stereocenters. The summed E-state index contributed by atoms with van der Waals surface area (Å²) in [6.07, 6.45) is 4.04. The third-order valence-electron chi connectivity index (χ3n) is 4.09. The van der Waals surface area contributed by atoms with Crippen LogP contribution in [0.25, 0.3) is 0 Å². The molecule has 0 spiro atoms. The van der Waals surface area contributed by atoms with Gasteiger partial charge in [0.2, 0.25) is 5.91 Å². The Bertz CT molecular complexity index is 518. The van der Waals surface area contributed by atoms with Crippen LogP contribution in [-0.2, 0) is 4.79 Å². The monoisotopic (exact) mass is 301 g/mol. The molecule has 0 aliphatic heterocycles. The van der Waals surface area contributed by atoms with E-state index in [9.17, 15) is 10.1 Å². The van der Waals surface area contributed by atoms with Crippen LogP contribution in [0.1, 0.15) is 32.1 Å². The molecule has 2 N–H and O–H groups in total. The Morgan fingerprint density at radius 2 is 2.00 bits per heavy atom. The van der Waals surface area contributed by atoms with E-state index in [4.69, 9.17) is 5.11 Å². The maximum atomic E-state index is 12.3. The van der Waals surface area contributed by atoms with Crippen molar-refractivity contribution in [2.75, 3.05) is 24.6 Å². The van der Waals surface area contributed by atoms with Crippen molar-refractivity contribution in [3.63, 3.8) is 0 Å². The molecule has 0 radical (unpaired) electrons. The van der Waals surface area contributed by atoms with Gasteiger partial charge in [0.25, 0.3) is 0 Å². The maximum Gasteiger partial charge on any atom is 0.240 e. The molecule has 0 heterocycles. The number of rotatable bonds is 7. The fourth-order valence-corrected chi connectivity index (χ4v) is 2.92. The molecule has 1 amide bonds. The number of aliphatic hydroxyl groups excluding tert-OH is 1. The first-order chi connectivity index (χ1) is 10.7. The van der Waals surface area contributed by atoms with E-state index in [1.54, 1.807) is 0 Å². The van der Waals surface area contributed by atoms with E-state index in [-0.39, 0.29) is 19.1 Å². The van der Waals surface area contributed by atoms with Gasteiger partial charge in [-0.05, 0) is 44.2 Å². The zero-order valence-corrected chi connectivity index (χ0v) is 12.8. The third-order valence-corrected chi connectivity index (χ3v) is 4.09. The Labute approximate surface area is 131 Å². The fourth-order valence-electron chi connectivity index (χ4n) is 2.92. The number of nitrogens with one attached hydrogen (secondary N) is 1. The Morgan fingerprint density at radius 1 is 1.32 bits per heavy atom. The van der Waals surface area contributed by atoms with Gasteiger partial charge in [-0.15, -0.1) is 0 Å². The van der Waals surface area contributed by atoms with Crippen LogP contribution in [-0.4, -0.2) is 36.2 Å². The Morgan fingerprint density at radius 3 is 2.59 bits per heavy atom. The van der Waals surface area contributed by atoms with Gasteiger partial charge in [0, 0.05) is 18.8 Å². The van der Waals surface area contributed by atoms with Crippen LogP contribution in [0, 0.1) is 11.3 Å². The number of nitrogens with zero attached hydrogens (tertiary/aromatic N) is 2. The van der Waals surface area contributed by atoms with Gasteiger partial charge in [-0.1, -0.05) is 18.2 Å². The summed E-state index contributed by atoms with van der Waals surface area (Å²) in [6, 6.07) is 11.9. The van der Waals surface area contributed by atoms with Crippen molar-refractivity contribution in [1.29, 1.82) is 5.26 Å². The summed E-state index contributed by atoms with van der Waals surface area (Å²) in [5.41, 5.74) is 0.264. The van der Waals surface area contributed by atoms with Gasteiger partial charge in [-0.3, -0.25) is 4.79 Å². The lowest BCUT2D eigenvalue weighted by atomic mass is 10.00. The second-order valence-electron chi connectivity index (χ2n) is 5.78. The van der Waals surface area contributed by atoms with Gasteiger partial charge in [0.15, 0.2) is 0 Å². The van der Waals surface area contributed by atoms with Crippen molar-refractivity contribution in [1.82, 2.24) is 5.32 Å². The SMILES string of the molecule is N#CC1(NC(=O)CN(CCCO)c2ccccc2)CCCC1. The van der Waals surface area contributed by atoms with Gasteiger partial charge < -0.3 is 15.3 Å². The molecule has 1 aromatic rings. The van der Waals surface area contributed by atoms with E-state index in [1.165, 1.54) is 0 Å². The van der Waals surface area contributed by atoms with Gasteiger partial charge >= 0.3 is 0 Å². The number of carbonyl (C=O) groups excluding carboxylic acids is 1. The Kier molecular flexibility index (Phi) is 5.79. The number of hydrogen-bond acceptors (Lipinski definition) is 4. The molecule has 0 saturated heterocycles.